The minimum atomic E-state index is -0.519. The fourth-order valence-corrected chi connectivity index (χ4v) is 2.79. The molecule has 2 aromatic rings. The van der Waals surface area contributed by atoms with Gasteiger partial charge in [0.1, 0.15) is 5.82 Å². The zero-order chi connectivity index (χ0) is 14.8. The first kappa shape index (κ1) is 14.1. The molecule has 0 spiro atoms. The standard InChI is InChI=1S/C17H15ClFNO/c18-13-6-7-16(19)15(11-13)17(21)20-9-8-14(20)10-12-4-2-1-3-5-12/h1-7,11,14H,8-10H2/t14-/m0/s1. The van der Waals surface area contributed by atoms with Crippen molar-refractivity contribution in [2.75, 3.05) is 6.54 Å². The molecule has 1 amide bonds. The molecule has 1 aliphatic rings. The smallest absolute Gasteiger partial charge is 0.257 e. The average Bonchev–Trinajstić information content (AvgIpc) is 2.47. The van der Waals surface area contributed by atoms with Gasteiger partial charge >= 0.3 is 0 Å². The van der Waals surface area contributed by atoms with Gasteiger partial charge in [0.15, 0.2) is 0 Å². The van der Waals surface area contributed by atoms with Crippen LogP contribution in [0.4, 0.5) is 4.39 Å². The molecule has 21 heavy (non-hydrogen) atoms. The number of halogens is 2. The Bertz CT molecular complexity index is 659. The molecule has 0 N–H and O–H groups in total. The SMILES string of the molecule is O=C(c1cc(Cl)ccc1F)N1CC[C@H]1Cc1ccccc1. The van der Waals surface area contributed by atoms with E-state index in [9.17, 15) is 9.18 Å². The van der Waals surface area contributed by atoms with E-state index in [1.165, 1.54) is 23.8 Å². The average molecular weight is 304 g/mol. The minimum absolute atomic E-state index is 0.0558. The van der Waals surface area contributed by atoms with Crippen LogP contribution in [-0.4, -0.2) is 23.4 Å². The van der Waals surface area contributed by atoms with Gasteiger partial charge in [-0.3, -0.25) is 4.79 Å². The van der Waals surface area contributed by atoms with Crippen LogP contribution in [-0.2, 0) is 6.42 Å². The molecule has 0 radical (unpaired) electrons. The van der Waals surface area contributed by atoms with Crippen LogP contribution < -0.4 is 0 Å². The highest BCUT2D eigenvalue weighted by atomic mass is 35.5. The van der Waals surface area contributed by atoms with Gasteiger partial charge < -0.3 is 4.90 Å². The molecule has 1 fully saturated rings. The molecular weight excluding hydrogens is 289 g/mol. The van der Waals surface area contributed by atoms with E-state index in [-0.39, 0.29) is 17.5 Å². The van der Waals surface area contributed by atoms with Gasteiger partial charge in [-0.25, -0.2) is 4.39 Å². The van der Waals surface area contributed by atoms with Gasteiger partial charge in [0, 0.05) is 17.6 Å². The number of carbonyl (C=O) groups is 1. The number of likely N-dealkylation sites (tertiary alicyclic amines) is 1. The Morgan fingerprint density at radius 1 is 1.24 bits per heavy atom. The largest absolute Gasteiger partial charge is 0.335 e. The summed E-state index contributed by atoms with van der Waals surface area (Å²) in [5.41, 5.74) is 1.24. The lowest BCUT2D eigenvalue weighted by Gasteiger charge is -2.41. The minimum Gasteiger partial charge on any atom is -0.335 e. The summed E-state index contributed by atoms with van der Waals surface area (Å²) in [6.45, 7) is 0.669. The number of nitrogens with zero attached hydrogens (tertiary/aromatic N) is 1. The second-order valence-corrected chi connectivity index (χ2v) is 5.69. The quantitative estimate of drug-likeness (QED) is 0.841. The van der Waals surface area contributed by atoms with Crippen molar-refractivity contribution >= 4 is 17.5 Å². The van der Waals surface area contributed by atoms with Crippen LogP contribution in [0.2, 0.25) is 5.02 Å². The van der Waals surface area contributed by atoms with E-state index in [0.29, 0.717) is 11.6 Å². The molecule has 0 aliphatic carbocycles. The van der Waals surface area contributed by atoms with E-state index in [0.717, 1.165) is 12.8 Å². The molecule has 4 heteroatoms. The highest BCUT2D eigenvalue weighted by Gasteiger charge is 2.33. The van der Waals surface area contributed by atoms with E-state index in [4.69, 9.17) is 11.6 Å². The molecular formula is C17H15ClFNO. The van der Waals surface area contributed by atoms with Gasteiger partial charge in [0.2, 0.25) is 0 Å². The van der Waals surface area contributed by atoms with Gasteiger partial charge in [0.05, 0.1) is 5.56 Å². The summed E-state index contributed by atoms with van der Waals surface area (Å²) < 4.78 is 13.8. The number of hydrogen-bond acceptors (Lipinski definition) is 1. The van der Waals surface area contributed by atoms with Crippen LogP contribution in [0.25, 0.3) is 0 Å². The van der Waals surface area contributed by atoms with Crippen LogP contribution in [0, 0.1) is 5.82 Å². The molecule has 0 saturated carbocycles. The lowest BCUT2D eigenvalue weighted by molar-refractivity contribution is 0.0460. The Balaban J connectivity index is 1.75. The third-order valence-electron chi connectivity index (χ3n) is 3.88. The molecule has 1 saturated heterocycles. The fourth-order valence-electron chi connectivity index (χ4n) is 2.62. The van der Waals surface area contributed by atoms with Crippen LogP contribution in [0.15, 0.2) is 48.5 Å². The van der Waals surface area contributed by atoms with E-state index in [1.807, 2.05) is 30.3 Å². The molecule has 1 atom stereocenters. The predicted molar refractivity (Wildman–Crippen MR) is 81.0 cm³/mol. The summed E-state index contributed by atoms with van der Waals surface area (Å²) in [5, 5.41) is 0.375. The Kier molecular flexibility index (Phi) is 3.93. The van der Waals surface area contributed by atoms with Crippen molar-refractivity contribution in [1.29, 1.82) is 0 Å². The van der Waals surface area contributed by atoms with Crippen LogP contribution >= 0.6 is 11.6 Å². The molecule has 2 aromatic carbocycles. The van der Waals surface area contributed by atoms with Crippen molar-refractivity contribution in [2.45, 2.75) is 18.9 Å². The number of carbonyl (C=O) groups excluding carboxylic acids is 1. The first-order chi connectivity index (χ1) is 10.1. The van der Waals surface area contributed by atoms with Gasteiger partial charge in [0.25, 0.3) is 5.91 Å². The molecule has 2 nitrogen and oxygen atoms in total. The maximum absolute atomic E-state index is 13.8. The third kappa shape index (κ3) is 2.93. The normalized spacial score (nSPS) is 17.4. The second-order valence-electron chi connectivity index (χ2n) is 5.25. The van der Waals surface area contributed by atoms with Crippen molar-refractivity contribution in [2.24, 2.45) is 0 Å². The van der Waals surface area contributed by atoms with E-state index >= 15 is 0 Å². The van der Waals surface area contributed by atoms with E-state index in [2.05, 4.69) is 0 Å². The summed E-state index contributed by atoms with van der Waals surface area (Å²) >= 11 is 5.86. The molecule has 1 aliphatic heterocycles. The van der Waals surface area contributed by atoms with Crippen LogP contribution in [0.3, 0.4) is 0 Å². The number of benzene rings is 2. The first-order valence-corrected chi connectivity index (χ1v) is 7.33. The summed E-state index contributed by atoms with van der Waals surface area (Å²) in [4.78, 5) is 14.2. The Labute approximate surface area is 128 Å². The second kappa shape index (κ2) is 5.86. The van der Waals surface area contributed by atoms with Gasteiger partial charge in [-0.1, -0.05) is 41.9 Å². The van der Waals surface area contributed by atoms with Crippen LogP contribution in [0.1, 0.15) is 22.3 Å². The zero-order valence-corrected chi connectivity index (χ0v) is 12.2. The monoisotopic (exact) mass is 303 g/mol. The highest BCUT2D eigenvalue weighted by Crippen LogP contribution is 2.26. The topological polar surface area (TPSA) is 20.3 Å². The first-order valence-electron chi connectivity index (χ1n) is 6.95. The maximum atomic E-state index is 13.8. The van der Waals surface area contributed by atoms with Crippen LogP contribution in [0.5, 0.6) is 0 Å². The maximum Gasteiger partial charge on any atom is 0.257 e. The van der Waals surface area contributed by atoms with E-state index in [1.54, 1.807) is 4.90 Å². The van der Waals surface area contributed by atoms with Crippen molar-refractivity contribution < 1.29 is 9.18 Å². The summed E-state index contributed by atoms with van der Waals surface area (Å²) in [6.07, 6.45) is 1.75. The zero-order valence-electron chi connectivity index (χ0n) is 11.4. The molecule has 0 unspecified atom stereocenters. The number of amides is 1. The van der Waals surface area contributed by atoms with Crippen molar-refractivity contribution in [3.05, 3.63) is 70.5 Å². The fraction of sp³-hybridized carbons (Fsp3) is 0.235. The molecule has 3 rings (SSSR count). The number of rotatable bonds is 3. The van der Waals surface area contributed by atoms with Crippen molar-refractivity contribution in [1.82, 2.24) is 4.90 Å². The third-order valence-corrected chi connectivity index (χ3v) is 4.11. The van der Waals surface area contributed by atoms with Gasteiger partial charge in [-0.15, -0.1) is 0 Å². The van der Waals surface area contributed by atoms with Gasteiger partial charge in [-0.2, -0.15) is 0 Å². The Morgan fingerprint density at radius 3 is 2.67 bits per heavy atom. The number of hydrogen-bond donors (Lipinski definition) is 0. The lowest BCUT2D eigenvalue weighted by atomic mass is 9.94. The molecule has 1 heterocycles. The Morgan fingerprint density at radius 2 is 2.00 bits per heavy atom. The van der Waals surface area contributed by atoms with Crippen molar-refractivity contribution in [3.8, 4) is 0 Å². The lowest BCUT2D eigenvalue weighted by Crippen LogP contribution is -2.52. The highest BCUT2D eigenvalue weighted by molar-refractivity contribution is 6.31. The molecule has 0 aromatic heterocycles. The summed E-state index contributed by atoms with van der Waals surface area (Å²) in [5.74, 6) is -0.794. The summed E-state index contributed by atoms with van der Waals surface area (Å²) in [7, 11) is 0. The molecule has 108 valence electrons. The summed E-state index contributed by atoms with van der Waals surface area (Å²) in [6, 6.07) is 14.2. The Hall–Kier alpha value is -1.87. The predicted octanol–water partition coefficient (Wildman–Crippen LogP) is 3.94. The van der Waals surface area contributed by atoms with Crippen molar-refractivity contribution in [3.63, 3.8) is 0 Å². The van der Waals surface area contributed by atoms with Gasteiger partial charge in [-0.05, 0) is 36.6 Å². The molecule has 0 bridgehead atoms. The van der Waals surface area contributed by atoms with E-state index < -0.39 is 5.82 Å².